The van der Waals surface area contributed by atoms with Gasteiger partial charge in [-0.25, -0.2) is 9.07 Å². The van der Waals surface area contributed by atoms with Gasteiger partial charge in [-0.2, -0.15) is 0 Å². The van der Waals surface area contributed by atoms with Crippen molar-refractivity contribution >= 4 is 10.9 Å². The van der Waals surface area contributed by atoms with Crippen LogP contribution in [0, 0.1) is 12.7 Å². The lowest BCUT2D eigenvalue weighted by molar-refractivity contribution is 0.172. The van der Waals surface area contributed by atoms with Crippen LogP contribution in [-0.4, -0.2) is 36.6 Å². The van der Waals surface area contributed by atoms with E-state index in [1.165, 1.54) is 17.7 Å². The molecule has 0 unspecified atom stereocenters. The molecule has 0 saturated carbocycles. The van der Waals surface area contributed by atoms with Crippen LogP contribution < -0.4 is 5.56 Å². The summed E-state index contributed by atoms with van der Waals surface area (Å²) < 4.78 is 15.2. The van der Waals surface area contributed by atoms with Crippen LogP contribution >= 0.6 is 0 Å². The number of H-pyrrole nitrogens is 1. The molecule has 0 aliphatic rings. The molecule has 3 aromatic carbocycles. The largest absolute Gasteiger partial charge is 0.322 e. The first kappa shape index (κ1) is 25.5. The highest BCUT2D eigenvalue weighted by molar-refractivity contribution is 5.79. The molecule has 2 heterocycles. The second-order valence-electron chi connectivity index (χ2n) is 9.67. The molecule has 0 saturated heterocycles. The number of aromatic amines is 1. The van der Waals surface area contributed by atoms with E-state index < -0.39 is 0 Å². The van der Waals surface area contributed by atoms with Gasteiger partial charge >= 0.3 is 0 Å². The minimum absolute atomic E-state index is 0.0909. The minimum Gasteiger partial charge on any atom is -0.322 e. The normalized spacial score (nSPS) is 12.3. The summed E-state index contributed by atoms with van der Waals surface area (Å²) >= 11 is 0. The van der Waals surface area contributed by atoms with Crippen molar-refractivity contribution in [1.29, 1.82) is 0 Å². The Morgan fingerprint density at radius 1 is 1.00 bits per heavy atom. The molecule has 0 spiro atoms. The third-order valence-corrected chi connectivity index (χ3v) is 6.91. The van der Waals surface area contributed by atoms with Crippen molar-refractivity contribution in [1.82, 2.24) is 30.1 Å². The molecule has 5 aromatic rings. The van der Waals surface area contributed by atoms with Crippen LogP contribution in [0.25, 0.3) is 10.9 Å². The van der Waals surface area contributed by atoms with Crippen LogP contribution in [0.2, 0.25) is 0 Å². The van der Waals surface area contributed by atoms with E-state index in [1.807, 2.05) is 43.3 Å². The van der Waals surface area contributed by atoms with Crippen molar-refractivity contribution in [3.8, 4) is 0 Å². The monoisotopic (exact) mass is 510 g/mol. The second kappa shape index (κ2) is 11.5. The average molecular weight is 511 g/mol. The van der Waals surface area contributed by atoms with Gasteiger partial charge in [-0.05, 0) is 77.0 Å². The molecule has 0 bridgehead atoms. The summed E-state index contributed by atoms with van der Waals surface area (Å²) in [6.45, 7) is 5.75. The third-order valence-electron chi connectivity index (χ3n) is 6.91. The maximum Gasteiger partial charge on any atom is 0.252 e. The minimum atomic E-state index is -0.278. The highest BCUT2D eigenvalue weighted by Gasteiger charge is 2.26. The molecule has 0 fully saturated rings. The van der Waals surface area contributed by atoms with Gasteiger partial charge < -0.3 is 4.98 Å². The number of pyridine rings is 1. The van der Waals surface area contributed by atoms with E-state index in [4.69, 9.17) is 0 Å². The number of benzene rings is 3. The Labute approximate surface area is 220 Å². The number of hydrogen-bond donors (Lipinski definition) is 1. The van der Waals surface area contributed by atoms with Crippen molar-refractivity contribution in [3.63, 3.8) is 0 Å². The topological polar surface area (TPSA) is 79.7 Å². The molecule has 1 N–H and O–H groups in total. The molecule has 0 aliphatic carbocycles. The van der Waals surface area contributed by atoms with Gasteiger partial charge in [0.25, 0.3) is 5.56 Å². The molecule has 38 heavy (non-hydrogen) atoms. The van der Waals surface area contributed by atoms with Crippen molar-refractivity contribution in [2.24, 2.45) is 0 Å². The summed E-state index contributed by atoms with van der Waals surface area (Å²) in [5, 5.41) is 13.6. The van der Waals surface area contributed by atoms with Gasteiger partial charge in [0.05, 0.1) is 12.6 Å². The quantitative estimate of drug-likeness (QED) is 0.279. The summed E-state index contributed by atoms with van der Waals surface area (Å²) in [6, 6.07) is 24.6. The molecule has 2 aromatic heterocycles. The van der Waals surface area contributed by atoms with Gasteiger partial charge in [-0.1, -0.05) is 61.0 Å². The SMILES string of the molecule is CC[C@H](c1nnnn1Cc1ccc(F)cc1)N(CCc1ccccc1)Cc1cc2cc(C)ccc2[nH]c1=O. The Hall–Kier alpha value is -4.17. The molecular formula is C30H31FN6O. The van der Waals surface area contributed by atoms with Crippen molar-refractivity contribution < 1.29 is 4.39 Å². The molecular weight excluding hydrogens is 479 g/mol. The second-order valence-corrected chi connectivity index (χ2v) is 9.67. The Bertz CT molecular complexity index is 1560. The van der Waals surface area contributed by atoms with Gasteiger partial charge in [0.15, 0.2) is 5.82 Å². The van der Waals surface area contributed by atoms with Crippen LogP contribution in [0.3, 0.4) is 0 Å². The first-order valence-corrected chi connectivity index (χ1v) is 12.9. The van der Waals surface area contributed by atoms with Crippen LogP contribution in [0.4, 0.5) is 4.39 Å². The molecule has 1 atom stereocenters. The number of hydrogen-bond acceptors (Lipinski definition) is 5. The summed E-state index contributed by atoms with van der Waals surface area (Å²) in [6.07, 6.45) is 1.57. The van der Waals surface area contributed by atoms with Crippen LogP contribution in [-0.2, 0) is 19.5 Å². The zero-order valence-electron chi connectivity index (χ0n) is 21.6. The lowest BCUT2D eigenvalue weighted by Gasteiger charge is -2.30. The van der Waals surface area contributed by atoms with E-state index in [2.05, 4.69) is 50.5 Å². The van der Waals surface area contributed by atoms with E-state index in [9.17, 15) is 9.18 Å². The van der Waals surface area contributed by atoms with Crippen LogP contribution in [0.5, 0.6) is 0 Å². The van der Waals surface area contributed by atoms with Gasteiger partial charge in [0, 0.05) is 24.2 Å². The summed E-state index contributed by atoms with van der Waals surface area (Å²) in [7, 11) is 0. The predicted molar refractivity (Wildman–Crippen MR) is 146 cm³/mol. The standard InChI is InChI=1S/C30H31FN6O/c1-3-28(29-33-34-35-37(29)19-23-10-12-26(31)13-11-23)36(16-15-22-7-5-4-6-8-22)20-25-18-24-17-21(2)9-14-27(24)32-30(25)38/h4-14,17-18,28H,3,15-16,19-20H2,1-2H3,(H,32,38)/t28-/m1/s1. The number of aryl methyl sites for hydroxylation is 1. The Balaban J connectivity index is 1.48. The number of aromatic nitrogens is 5. The molecule has 0 radical (unpaired) electrons. The van der Waals surface area contributed by atoms with Crippen molar-refractivity contribution in [3.05, 3.63) is 123 Å². The van der Waals surface area contributed by atoms with E-state index in [0.717, 1.165) is 47.2 Å². The molecule has 194 valence electrons. The Morgan fingerprint density at radius 2 is 1.79 bits per heavy atom. The maximum atomic E-state index is 13.4. The van der Waals surface area contributed by atoms with Crippen LogP contribution in [0.15, 0.2) is 83.7 Å². The fourth-order valence-electron chi connectivity index (χ4n) is 4.90. The fraction of sp³-hybridized carbons (Fsp3) is 0.267. The lowest BCUT2D eigenvalue weighted by atomic mass is 10.1. The molecule has 8 heteroatoms. The Kier molecular flexibility index (Phi) is 7.70. The third kappa shape index (κ3) is 5.86. The van der Waals surface area contributed by atoms with Crippen molar-refractivity contribution in [2.75, 3.05) is 6.54 Å². The molecule has 0 amide bonds. The van der Waals surface area contributed by atoms with Gasteiger partial charge in [-0.3, -0.25) is 9.69 Å². The zero-order chi connectivity index (χ0) is 26.5. The van der Waals surface area contributed by atoms with Gasteiger partial charge in [0.1, 0.15) is 5.82 Å². The molecule has 5 rings (SSSR count). The molecule has 7 nitrogen and oxygen atoms in total. The van der Waals surface area contributed by atoms with Crippen LogP contribution in [0.1, 0.15) is 47.5 Å². The first-order chi connectivity index (χ1) is 18.5. The fourth-order valence-corrected chi connectivity index (χ4v) is 4.90. The number of rotatable bonds is 10. The highest BCUT2D eigenvalue weighted by Crippen LogP contribution is 2.25. The highest BCUT2D eigenvalue weighted by atomic mass is 19.1. The van der Waals surface area contributed by atoms with E-state index in [0.29, 0.717) is 18.7 Å². The molecule has 0 aliphatic heterocycles. The maximum absolute atomic E-state index is 13.4. The van der Waals surface area contributed by atoms with Gasteiger partial charge in [0.2, 0.25) is 0 Å². The first-order valence-electron chi connectivity index (χ1n) is 12.9. The number of nitrogens with zero attached hydrogens (tertiary/aromatic N) is 5. The average Bonchev–Trinajstić information content (AvgIpc) is 3.37. The smallest absolute Gasteiger partial charge is 0.252 e. The van der Waals surface area contributed by atoms with Crippen molar-refractivity contribution in [2.45, 2.75) is 45.8 Å². The number of nitrogens with one attached hydrogen (secondary N) is 1. The summed E-state index contributed by atoms with van der Waals surface area (Å²) in [4.78, 5) is 18.4. The number of tetrazole rings is 1. The number of halogens is 1. The summed E-state index contributed by atoms with van der Waals surface area (Å²) in [5.41, 5.74) is 4.71. The Morgan fingerprint density at radius 3 is 2.55 bits per heavy atom. The predicted octanol–water partition coefficient (Wildman–Crippen LogP) is 5.21. The van der Waals surface area contributed by atoms with E-state index in [-0.39, 0.29) is 17.4 Å². The summed E-state index contributed by atoms with van der Waals surface area (Å²) in [5.74, 6) is 0.443. The van der Waals surface area contributed by atoms with E-state index >= 15 is 0 Å². The number of fused-ring (bicyclic) bond motifs is 1. The van der Waals surface area contributed by atoms with Gasteiger partial charge in [-0.15, -0.1) is 5.10 Å². The lowest BCUT2D eigenvalue weighted by Crippen LogP contribution is -2.34. The van der Waals surface area contributed by atoms with E-state index in [1.54, 1.807) is 16.8 Å². The zero-order valence-corrected chi connectivity index (χ0v) is 21.6.